The van der Waals surface area contributed by atoms with Crippen LogP contribution in [0.4, 0.5) is 5.69 Å². The lowest BCUT2D eigenvalue weighted by Crippen LogP contribution is -2.13. The van der Waals surface area contributed by atoms with Gasteiger partial charge in [0.2, 0.25) is 0 Å². The number of para-hydroxylation sites is 1. The second-order valence-electron chi connectivity index (χ2n) is 5.04. The Morgan fingerprint density at radius 2 is 1.63 bits per heavy atom. The summed E-state index contributed by atoms with van der Waals surface area (Å²) in [5, 5.41) is 3.31. The fraction of sp³-hybridized carbons (Fsp3) is 0.235. The monoisotopic (exact) mass is 253 g/mol. The number of aryl methyl sites for hydroxylation is 1. The number of benzene rings is 2. The molecule has 0 unspecified atom stereocenters. The van der Waals surface area contributed by atoms with Gasteiger partial charge in [0.1, 0.15) is 0 Å². The van der Waals surface area contributed by atoms with Crippen molar-refractivity contribution >= 4 is 11.5 Å². The predicted molar refractivity (Wildman–Crippen MR) is 79.8 cm³/mol. The van der Waals surface area contributed by atoms with Crippen LogP contribution in [0.5, 0.6) is 0 Å². The zero-order chi connectivity index (χ0) is 13.8. The minimum atomic E-state index is 0.0590. The minimum Gasteiger partial charge on any atom is -0.382 e. The van der Waals surface area contributed by atoms with E-state index >= 15 is 0 Å². The van der Waals surface area contributed by atoms with Crippen molar-refractivity contribution < 1.29 is 4.79 Å². The van der Waals surface area contributed by atoms with Gasteiger partial charge in [0.05, 0.1) is 0 Å². The van der Waals surface area contributed by atoms with Gasteiger partial charge in [-0.05, 0) is 32.9 Å². The number of carbonyl (C=O) groups excluding carboxylic acids is 1. The van der Waals surface area contributed by atoms with E-state index in [1.165, 1.54) is 0 Å². The van der Waals surface area contributed by atoms with E-state index in [1.807, 2.05) is 55.5 Å². The number of hydrogen-bond donors (Lipinski definition) is 1. The van der Waals surface area contributed by atoms with Crippen molar-refractivity contribution in [1.82, 2.24) is 0 Å². The highest BCUT2D eigenvalue weighted by molar-refractivity contribution is 6.12. The van der Waals surface area contributed by atoms with Gasteiger partial charge >= 0.3 is 0 Å². The smallest absolute Gasteiger partial charge is 0.195 e. The van der Waals surface area contributed by atoms with Gasteiger partial charge in [-0.1, -0.05) is 42.0 Å². The topological polar surface area (TPSA) is 29.1 Å². The van der Waals surface area contributed by atoms with Gasteiger partial charge in [-0.3, -0.25) is 4.79 Å². The molecule has 0 aliphatic heterocycles. The predicted octanol–water partition coefficient (Wildman–Crippen LogP) is 4.05. The van der Waals surface area contributed by atoms with Gasteiger partial charge in [0, 0.05) is 22.9 Å². The number of carbonyl (C=O) groups is 1. The molecule has 19 heavy (non-hydrogen) atoms. The third kappa shape index (κ3) is 3.22. The average molecular weight is 253 g/mol. The Bertz CT molecular complexity index is 570. The molecule has 0 bridgehead atoms. The van der Waals surface area contributed by atoms with E-state index in [0.717, 1.165) is 22.4 Å². The van der Waals surface area contributed by atoms with E-state index in [0.29, 0.717) is 6.04 Å². The van der Waals surface area contributed by atoms with Gasteiger partial charge in [0.15, 0.2) is 5.78 Å². The molecule has 1 N–H and O–H groups in total. The zero-order valence-electron chi connectivity index (χ0n) is 11.6. The number of ketones is 1. The second kappa shape index (κ2) is 5.70. The fourth-order valence-corrected chi connectivity index (χ4v) is 1.98. The van der Waals surface area contributed by atoms with E-state index in [1.54, 1.807) is 0 Å². The Labute approximate surface area is 114 Å². The van der Waals surface area contributed by atoms with E-state index in [9.17, 15) is 4.79 Å². The van der Waals surface area contributed by atoms with Gasteiger partial charge in [-0.15, -0.1) is 0 Å². The lowest BCUT2D eigenvalue weighted by Gasteiger charge is -2.14. The Kier molecular flexibility index (Phi) is 4.00. The summed E-state index contributed by atoms with van der Waals surface area (Å²) in [7, 11) is 0. The van der Waals surface area contributed by atoms with Crippen LogP contribution in [0, 0.1) is 6.92 Å². The van der Waals surface area contributed by atoms with Crippen LogP contribution in [0.1, 0.15) is 35.3 Å². The van der Waals surface area contributed by atoms with Crippen LogP contribution in [0.15, 0.2) is 48.5 Å². The molecule has 0 atom stereocenters. The van der Waals surface area contributed by atoms with E-state index < -0.39 is 0 Å². The third-order valence-corrected chi connectivity index (χ3v) is 2.93. The number of anilines is 1. The third-order valence-electron chi connectivity index (χ3n) is 2.93. The highest BCUT2D eigenvalue weighted by Gasteiger charge is 2.13. The van der Waals surface area contributed by atoms with Crippen LogP contribution in [0.25, 0.3) is 0 Å². The van der Waals surface area contributed by atoms with Crippen molar-refractivity contribution in [2.75, 3.05) is 5.32 Å². The highest BCUT2D eigenvalue weighted by atomic mass is 16.1. The molecule has 0 amide bonds. The molecule has 0 aliphatic rings. The summed E-state index contributed by atoms with van der Waals surface area (Å²) in [6.45, 7) is 6.14. The first kappa shape index (κ1) is 13.3. The number of nitrogens with one attached hydrogen (secondary N) is 1. The zero-order valence-corrected chi connectivity index (χ0v) is 11.6. The Hall–Kier alpha value is -2.09. The lowest BCUT2D eigenvalue weighted by atomic mass is 10.0. The van der Waals surface area contributed by atoms with Crippen LogP contribution < -0.4 is 5.32 Å². The fourth-order valence-electron chi connectivity index (χ4n) is 1.98. The summed E-state index contributed by atoms with van der Waals surface area (Å²) in [4.78, 5) is 12.5. The summed E-state index contributed by atoms with van der Waals surface area (Å²) in [6, 6.07) is 15.6. The summed E-state index contributed by atoms with van der Waals surface area (Å²) < 4.78 is 0. The van der Waals surface area contributed by atoms with Crippen molar-refractivity contribution in [3.63, 3.8) is 0 Å². The molecular weight excluding hydrogens is 234 g/mol. The summed E-state index contributed by atoms with van der Waals surface area (Å²) in [6.07, 6.45) is 0. The molecule has 0 saturated heterocycles. The summed E-state index contributed by atoms with van der Waals surface area (Å²) in [5.74, 6) is 0.0590. The maximum atomic E-state index is 12.5. The molecule has 0 radical (unpaired) electrons. The normalized spacial score (nSPS) is 10.5. The molecule has 2 aromatic carbocycles. The minimum absolute atomic E-state index is 0.0590. The van der Waals surface area contributed by atoms with Crippen LogP contribution >= 0.6 is 0 Å². The highest BCUT2D eigenvalue weighted by Crippen LogP contribution is 2.20. The van der Waals surface area contributed by atoms with Crippen molar-refractivity contribution in [2.24, 2.45) is 0 Å². The first-order valence-corrected chi connectivity index (χ1v) is 6.55. The molecule has 0 aliphatic carbocycles. The molecule has 98 valence electrons. The van der Waals surface area contributed by atoms with Crippen LogP contribution in [-0.2, 0) is 0 Å². The second-order valence-corrected chi connectivity index (χ2v) is 5.04. The molecule has 0 fully saturated rings. The molecule has 2 nitrogen and oxygen atoms in total. The molecule has 2 heteroatoms. The standard InChI is InChI=1S/C17H19NO/c1-12(2)18-16-7-5-4-6-15(16)17(19)14-10-8-13(3)9-11-14/h4-12,18H,1-3H3. The Morgan fingerprint density at radius 3 is 2.26 bits per heavy atom. The number of hydrogen-bond acceptors (Lipinski definition) is 2. The van der Waals surface area contributed by atoms with Crippen molar-refractivity contribution in [3.05, 3.63) is 65.2 Å². The number of rotatable bonds is 4. The van der Waals surface area contributed by atoms with Gasteiger partial charge in [-0.2, -0.15) is 0 Å². The van der Waals surface area contributed by atoms with Crippen LogP contribution in [-0.4, -0.2) is 11.8 Å². The summed E-state index contributed by atoms with van der Waals surface area (Å²) in [5.41, 5.74) is 3.50. The molecule has 0 aromatic heterocycles. The van der Waals surface area contributed by atoms with Crippen molar-refractivity contribution in [3.8, 4) is 0 Å². The van der Waals surface area contributed by atoms with Crippen LogP contribution in [0.3, 0.4) is 0 Å². The molecular formula is C17H19NO. The van der Waals surface area contributed by atoms with Gasteiger partial charge in [0.25, 0.3) is 0 Å². The largest absolute Gasteiger partial charge is 0.382 e. The molecule has 2 rings (SSSR count). The first-order valence-electron chi connectivity index (χ1n) is 6.55. The van der Waals surface area contributed by atoms with Crippen molar-refractivity contribution in [1.29, 1.82) is 0 Å². The first-order chi connectivity index (χ1) is 9.08. The van der Waals surface area contributed by atoms with Gasteiger partial charge in [-0.25, -0.2) is 0 Å². The van der Waals surface area contributed by atoms with Crippen LogP contribution in [0.2, 0.25) is 0 Å². The van der Waals surface area contributed by atoms with Gasteiger partial charge < -0.3 is 5.32 Å². The van der Waals surface area contributed by atoms with E-state index in [2.05, 4.69) is 19.2 Å². The summed E-state index contributed by atoms with van der Waals surface area (Å²) >= 11 is 0. The molecule has 0 saturated carbocycles. The van der Waals surface area contributed by atoms with Crippen molar-refractivity contribution in [2.45, 2.75) is 26.8 Å². The maximum Gasteiger partial charge on any atom is 0.195 e. The SMILES string of the molecule is Cc1ccc(C(=O)c2ccccc2NC(C)C)cc1. The Morgan fingerprint density at radius 1 is 1.00 bits per heavy atom. The van der Waals surface area contributed by atoms with E-state index in [-0.39, 0.29) is 5.78 Å². The molecule has 0 heterocycles. The van der Waals surface area contributed by atoms with E-state index in [4.69, 9.17) is 0 Å². The maximum absolute atomic E-state index is 12.5. The lowest BCUT2D eigenvalue weighted by molar-refractivity contribution is 0.103. The Balaban J connectivity index is 2.35. The average Bonchev–Trinajstić information content (AvgIpc) is 2.39. The molecule has 0 spiro atoms. The molecule has 2 aromatic rings. The quantitative estimate of drug-likeness (QED) is 0.833.